The quantitative estimate of drug-likeness (QED) is 0.396. The smallest absolute Gasteiger partial charge is 0.316 e. The molecule has 0 radical (unpaired) electrons. The molecule has 1 fully saturated rings. The van der Waals surface area contributed by atoms with Crippen LogP contribution in [0.3, 0.4) is 0 Å². The van der Waals surface area contributed by atoms with Gasteiger partial charge in [0.05, 0.1) is 6.61 Å². The van der Waals surface area contributed by atoms with Crippen LogP contribution in [0, 0.1) is 5.92 Å². The Morgan fingerprint density at radius 1 is 1.70 bits per heavy atom. The van der Waals surface area contributed by atoms with E-state index in [2.05, 4.69) is 0 Å². The van der Waals surface area contributed by atoms with Crippen LogP contribution >= 0.6 is 0 Å². The zero-order valence-corrected chi connectivity index (χ0v) is 5.92. The van der Waals surface area contributed by atoms with Crippen LogP contribution in [0.2, 0.25) is 0 Å². The van der Waals surface area contributed by atoms with E-state index in [1.54, 1.807) is 0 Å². The second kappa shape index (κ2) is 2.82. The maximum atomic E-state index is 10.8. The number of ether oxygens (including phenoxy) is 1. The van der Waals surface area contributed by atoms with Crippen molar-refractivity contribution in [3.05, 3.63) is 0 Å². The van der Waals surface area contributed by atoms with Crippen molar-refractivity contribution in [2.75, 3.05) is 6.61 Å². The third kappa shape index (κ3) is 1.35. The van der Waals surface area contributed by atoms with E-state index in [-0.39, 0.29) is 11.8 Å². The molecular weight excluding hydrogens is 132 g/mol. The van der Waals surface area contributed by atoms with Crippen LogP contribution in [0.4, 0.5) is 0 Å². The average molecular weight is 142 g/mol. The van der Waals surface area contributed by atoms with Crippen molar-refractivity contribution in [1.29, 1.82) is 0 Å². The van der Waals surface area contributed by atoms with Crippen LogP contribution in [-0.2, 0) is 14.3 Å². The Hall–Kier alpha value is -0.860. The summed E-state index contributed by atoms with van der Waals surface area (Å²) in [5.74, 6) is -0.905. The van der Waals surface area contributed by atoms with Gasteiger partial charge in [-0.25, -0.2) is 0 Å². The summed E-state index contributed by atoms with van der Waals surface area (Å²) < 4.78 is 4.69. The highest BCUT2D eigenvalue weighted by Gasteiger charge is 2.27. The number of hydrogen-bond acceptors (Lipinski definition) is 3. The summed E-state index contributed by atoms with van der Waals surface area (Å²) >= 11 is 0. The molecule has 1 rings (SSSR count). The topological polar surface area (TPSA) is 43.4 Å². The van der Waals surface area contributed by atoms with E-state index in [4.69, 9.17) is 4.74 Å². The summed E-state index contributed by atoms with van der Waals surface area (Å²) in [6, 6.07) is 0. The Morgan fingerprint density at radius 3 is 2.80 bits per heavy atom. The fraction of sp³-hybridized carbons (Fsp3) is 0.714. The highest BCUT2D eigenvalue weighted by Crippen LogP contribution is 2.15. The molecule has 1 saturated heterocycles. The van der Waals surface area contributed by atoms with E-state index < -0.39 is 5.92 Å². The van der Waals surface area contributed by atoms with Gasteiger partial charge in [0.15, 0.2) is 0 Å². The second-order valence-corrected chi connectivity index (χ2v) is 2.47. The second-order valence-electron chi connectivity index (χ2n) is 2.47. The lowest BCUT2D eigenvalue weighted by Gasteiger charge is -2.17. The average Bonchev–Trinajstić information content (AvgIpc) is 1.88. The molecule has 56 valence electrons. The fourth-order valence-electron chi connectivity index (χ4n) is 1.05. The molecule has 3 heteroatoms. The summed E-state index contributed by atoms with van der Waals surface area (Å²) in [7, 11) is 0. The standard InChI is InChI=1S/C7H10O3/c1-5(8)6-3-2-4-10-7(6)9/h6H,2-4H2,1H3/t6-/m0/s1. The van der Waals surface area contributed by atoms with E-state index >= 15 is 0 Å². The minimum atomic E-state index is -0.478. The number of cyclic esters (lactones) is 1. The summed E-state index contributed by atoms with van der Waals surface area (Å²) in [4.78, 5) is 21.5. The van der Waals surface area contributed by atoms with Gasteiger partial charge in [0.25, 0.3) is 0 Å². The van der Waals surface area contributed by atoms with Crippen molar-refractivity contribution in [3.8, 4) is 0 Å². The van der Waals surface area contributed by atoms with Gasteiger partial charge in [-0.15, -0.1) is 0 Å². The van der Waals surface area contributed by atoms with Crippen LogP contribution < -0.4 is 0 Å². The predicted molar refractivity (Wildman–Crippen MR) is 34.4 cm³/mol. The van der Waals surface area contributed by atoms with Gasteiger partial charge in [0, 0.05) is 0 Å². The largest absolute Gasteiger partial charge is 0.465 e. The maximum absolute atomic E-state index is 10.8. The highest BCUT2D eigenvalue weighted by atomic mass is 16.5. The predicted octanol–water partition coefficient (Wildman–Crippen LogP) is 0.529. The first-order valence-corrected chi connectivity index (χ1v) is 3.39. The van der Waals surface area contributed by atoms with Gasteiger partial charge in [-0.1, -0.05) is 0 Å². The molecule has 1 aliphatic heterocycles. The van der Waals surface area contributed by atoms with Crippen molar-refractivity contribution < 1.29 is 14.3 Å². The van der Waals surface area contributed by atoms with Crippen LogP contribution in [0.5, 0.6) is 0 Å². The minimum absolute atomic E-state index is 0.0790. The van der Waals surface area contributed by atoms with Gasteiger partial charge in [0.1, 0.15) is 11.7 Å². The van der Waals surface area contributed by atoms with Crippen LogP contribution in [0.15, 0.2) is 0 Å². The molecule has 0 spiro atoms. The number of rotatable bonds is 1. The monoisotopic (exact) mass is 142 g/mol. The number of hydrogen-bond donors (Lipinski definition) is 0. The lowest BCUT2D eigenvalue weighted by molar-refractivity contribution is -0.155. The van der Waals surface area contributed by atoms with Crippen molar-refractivity contribution in [2.24, 2.45) is 5.92 Å². The van der Waals surface area contributed by atoms with Crippen LogP contribution in [0.1, 0.15) is 19.8 Å². The first-order chi connectivity index (χ1) is 4.72. The van der Waals surface area contributed by atoms with Gasteiger partial charge in [0.2, 0.25) is 0 Å². The van der Waals surface area contributed by atoms with Crippen LogP contribution in [-0.4, -0.2) is 18.4 Å². The molecule has 0 aromatic rings. The van der Waals surface area contributed by atoms with Gasteiger partial charge >= 0.3 is 5.97 Å². The molecule has 0 aliphatic carbocycles. The molecule has 3 nitrogen and oxygen atoms in total. The number of ketones is 1. The summed E-state index contributed by atoms with van der Waals surface area (Å²) in [6.07, 6.45) is 1.48. The normalized spacial score (nSPS) is 25.7. The molecule has 0 unspecified atom stereocenters. The molecule has 10 heavy (non-hydrogen) atoms. The number of esters is 1. The minimum Gasteiger partial charge on any atom is -0.465 e. The van der Waals surface area contributed by atoms with E-state index in [9.17, 15) is 9.59 Å². The Bertz CT molecular complexity index is 162. The Balaban J connectivity index is 2.56. The van der Waals surface area contributed by atoms with Crippen molar-refractivity contribution in [3.63, 3.8) is 0 Å². The van der Waals surface area contributed by atoms with Gasteiger partial charge < -0.3 is 4.74 Å². The lowest BCUT2D eigenvalue weighted by Crippen LogP contribution is -2.29. The first-order valence-electron chi connectivity index (χ1n) is 3.39. The number of carbonyl (C=O) groups is 2. The molecule has 0 aromatic heterocycles. The van der Waals surface area contributed by atoms with Crippen molar-refractivity contribution >= 4 is 11.8 Å². The zero-order valence-electron chi connectivity index (χ0n) is 5.92. The van der Waals surface area contributed by atoms with Gasteiger partial charge in [-0.05, 0) is 19.8 Å². The molecular formula is C7H10O3. The number of Topliss-reactive ketones (excluding diaryl/α,β-unsaturated/α-hetero) is 1. The highest BCUT2D eigenvalue weighted by molar-refractivity contribution is 5.97. The summed E-state index contributed by atoms with van der Waals surface area (Å²) in [5, 5.41) is 0. The molecule has 0 bridgehead atoms. The SMILES string of the molecule is CC(=O)[C@@H]1CCCOC1=O. The summed E-state index contributed by atoms with van der Waals surface area (Å²) in [5.41, 5.74) is 0. The van der Waals surface area contributed by atoms with Crippen LogP contribution in [0.25, 0.3) is 0 Å². The molecule has 1 atom stereocenters. The maximum Gasteiger partial charge on any atom is 0.316 e. The molecule has 0 saturated carbocycles. The lowest BCUT2D eigenvalue weighted by atomic mass is 9.98. The van der Waals surface area contributed by atoms with Crippen molar-refractivity contribution in [1.82, 2.24) is 0 Å². The van der Waals surface area contributed by atoms with Gasteiger partial charge in [-0.2, -0.15) is 0 Å². The molecule has 1 heterocycles. The summed E-state index contributed by atoms with van der Waals surface area (Å²) in [6.45, 7) is 1.90. The third-order valence-electron chi connectivity index (χ3n) is 1.66. The van der Waals surface area contributed by atoms with E-state index in [0.29, 0.717) is 13.0 Å². The Kier molecular flexibility index (Phi) is 2.04. The Morgan fingerprint density at radius 2 is 2.40 bits per heavy atom. The van der Waals surface area contributed by atoms with E-state index in [1.165, 1.54) is 6.92 Å². The Labute approximate surface area is 59.4 Å². The first kappa shape index (κ1) is 7.25. The van der Waals surface area contributed by atoms with Gasteiger partial charge in [-0.3, -0.25) is 9.59 Å². The van der Waals surface area contributed by atoms with E-state index in [0.717, 1.165) is 6.42 Å². The molecule has 0 N–H and O–H groups in total. The third-order valence-corrected chi connectivity index (χ3v) is 1.66. The zero-order chi connectivity index (χ0) is 7.56. The fourth-order valence-corrected chi connectivity index (χ4v) is 1.05. The van der Waals surface area contributed by atoms with E-state index in [1.807, 2.05) is 0 Å². The van der Waals surface area contributed by atoms with Crippen molar-refractivity contribution in [2.45, 2.75) is 19.8 Å². The molecule has 1 aliphatic rings. The number of carbonyl (C=O) groups excluding carboxylic acids is 2. The molecule has 0 aromatic carbocycles. The molecule has 0 amide bonds.